The van der Waals surface area contributed by atoms with Gasteiger partial charge in [-0.2, -0.15) is 5.26 Å². The van der Waals surface area contributed by atoms with E-state index in [9.17, 15) is 14.4 Å². The third-order valence-electron chi connectivity index (χ3n) is 3.94. The van der Waals surface area contributed by atoms with Crippen LogP contribution in [0, 0.1) is 17.1 Å². The summed E-state index contributed by atoms with van der Waals surface area (Å²) in [4.78, 5) is 13.4. The molecule has 1 amide bonds. The maximum atomic E-state index is 13.7. The highest BCUT2D eigenvalue weighted by molar-refractivity contribution is 7.09. The fourth-order valence-electron chi connectivity index (χ4n) is 2.50. The van der Waals surface area contributed by atoms with Gasteiger partial charge in [-0.25, -0.2) is 4.39 Å². The number of benzene rings is 2. The van der Waals surface area contributed by atoms with Crippen molar-refractivity contribution in [2.45, 2.75) is 6.61 Å². The number of carbonyl (C=O) groups excluding carboxylic acids is 1. The molecular formula is C22H17FN2O3S. The fraction of sp³-hybridized carbons (Fsp3) is 0.0909. The highest BCUT2D eigenvalue weighted by Gasteiger charge is 2.13. The van der Waals surface area contributed by atoms with E-state index in [4.69, 9.17) is 9.47 Å². The molecule has 5 nitrogen and oxygen atoms in total. The molecule has 0 atom stereocenters. The molecule has 0 fully saturated rings. The Morgan fingerprint density at radius 1 is 1.21 bits per heavy atom. The maximum absolute atomic E-state index is 13.7. The van der Waals surface area contributed by atoms with E-state index < -0.39 is 11.7 Å². The number of hydrogen-bond donors (Lipinski definition) is 1. The van der Waals surface area contributed by atoms with Crippen LogP contribution >= 0.6 is 11.3 Å². The molecule has 3 rings (SSSR count). The Bertz CT molecular complexity index is 1070. The van der Waals surface area contributed by atoms with Crippen molar-refractivity contribution in [3.63, 3.8) is 0 Å². The molecule has 7 heteroatoms. The van der Waals surface area contributed by atoms with Gasteiger partial charge in [-0.05, 0) is 47.4 Å². The van der Waals surface area contributed by atoms with Crippen LogP contribution in [0.4, 0.5) is 10.1 Å². The van der Waals surface area contributed by atoms with Gasteiger partial charge < -0.3 is 14.8 Å². The van der Waals surface area contributed by atoms with Crippen molar-refractivity contribution in [3.05, 3.63) is 81.8 Å². The largest absolute Gasteiger partial charge is 0.493 e. The van der Waals surface area contributed by atoms with E-state index in [1.807, 2.05) is 23.6 Å². The number of rotatable bonds is 7. The molecule has 0 saturated carbocycles. The molecule has 0 radical (unpaired) electrons. The highest BCUT2D eigenvalue weighted by Crippen LogP contribution is 2.30. The number of ether oxygens (including phenoxy) is 2. The predicted octanol–water partition coefficient (Wildman–Crippen LogP) is 5.02. The van der Waals surface area contributed by atoms with E-state index in [0.29, 0.717) is 23.7 Å². The molecule has 2 aromatic carbocycles. The Hall–Kier alpha value is -3.63. The summed E-state index contributed by atoms with van der Waals surface area (Å²) >= 11 is 1.59. The summed E-state index contributed by atoms with van der Waals surface area (Å²) in [6, 6.07) is 16.6. The van der Waals surface area contributed by atoms with Crippen molar-refractivity contribution >= 4 is 29.0 Å². The van der Waals surface area contributed by atoms with E-state index in [-0.39, 0.29) is 11.3 Å². The molecule has 3 aromatic rings. The highest BCUT2D eigenvalue weighted by atomic mass is 32.1. The Morgan fingerprint density at radius 3 is 2.72 bits per heavy atom. The average Bonchev–Trinajstić information content (AvgIpc) is 3.26. The molecule has 29 heavy (non-hydrogen) atoms. The lowest BCUT2D eigenvalue weighted by Crippen LogP contribution is -2.14. The van der Waals surface area contributed by atoms with Crippen LogP contribution in [0.3, 0.4) is 0 Å². The van der Waals surface area contributed by atoms with Gasteiger partial charge in [0.15, 0.2) is 11.5 Å². The van der Waals surface area contributed by atoms with Crippen LogP contribution in [-0.4, -0.2) is 13.0 Å². The molecule has 1 N–H and O–H groups in total. The van der Waals surface area contributed by atoms with Crippen molar-refractivity contribution in [1.29, 1.82) is 5.26 Å². The molecule has 0 bridgehead atoms. The van der Waals surface area contributed by atoms with Gasteiger partial charge in [0.25, 0.3) is 5.91 Å². The summed E-state index contributed by atoms with van der Waals surface area (Å²) in [7, 11) is 1.51. The summed E-state index contributed by atoms with van der Waals surface area (Å²) in [5.41, 5.74) is 0.418. The second-order valence-corrected chi connectivity index (χ2v) is 6.91. The van der Waals surface area contributed by atoms with Crippen molar-refractivity contribution in [3.8, 4) is 17.6 Å². The van der Waals surface area contributed by atoms with E-state index in [0.717, 1.165) is 4.88 Å². The lowest BCUT2D eigenvalue weighted by molar-refractivity contribution is -0.112. The number of nitrogens with zero attached hydrogens (tertiary/aromatic N) is 1. The van der Waals surface area contributed by atoms with Gasteiger partial charge in [0, 0.05) is 4.88 Å². The Labute approximate surface area is 171 Å². The standard InChI is InChI=1S/C22H17FN2O3S/c1-27-21-12-15(8-9-20(21)28-14-17-5-4-10-29-17)11-16(13-24)22(26)25-19-7-3-2-6-18(19)23/h2-12H,14H2,1H3,(H,25,26)/b16-11+. The van der Waals surface area contributed by atoms with Gasteiger partial charge in [0.2, 0.25) is 0 Å². The number of para-hydroxylation sites is 1. The van der Waals surface area contributed by atoms with Gasteiger partial charge in [-0.1, -0.05) is 24.3 Å². The van der Waals surface area contributed by atoms with Crippen molar-refractivity contribution in [2.24, 2.45) is 0 Å². The molecule has 0 saturated heterocycles. The molecule has 146 valence electrons. The molecule has 0 aliphatic rings. The van der Waals surface area contributed by atoms with E-state index >= 15 is 0 Å². The van der Waals surface area contributed by atoms with Gasteiger partial charge in [-0.15, -0.1) is 11.3 Å². The Balaban J connectivity index is 1.77. The van der Waals surface area contributed by atoms with Crippen LogP contribution in [0.2, 0.25) is 0 Å². The number of halogens is 1. The SMILES string of the molecule is COc1cc(/C=C(\C#N)C(=O)Nc2ccccc2F)ccc1OCc1cccs1. The quantitative estimate of drug-likeness (QED) is 0.440. The van der Waals surface area contributed by atoms with Crippen LogP contribution < -0.4 is 14.8 Å². The lowest BCUT2D eigenvalue weighted by Gasteiger charge is -2.11. The summed E-state index contributed by atoms with van der Waals surface area (Å²) in [5.74, 6) is -0.254. The van der Waals surface area contributed by atoms with Crippen LogP contribution in [0.5, 0.6) is 11.5 Å². The predicted molar refractivity (Wildman–Crippen MR) is 110 cm³/mol. The topological polar surface area (TPSA) is 71.3 Å². The first kappa shape index (κ1) is 20.1. The maximum Gasteiger partial charge on any atom is 0.266 e. The van der Waals surface area contributed by atoms with Gasteiger partial charge in [0.05, 0.1) is 12.8 Å². The Morgan fingerprint density at radius 2 is 2.03 bits per heavy atom. The second kappa shape index (κ2) is 9.53. The minimum Gasteiger partial charge on any atom is -0.493 e. The first-order valence-electron chi connectivity index (χ1n) is 8.61. The van der Waals surface area contributed by atoms with E-state index in [1.54, 1.807) is 35.6 Å². The Kier molecular flexibility index (Phi) is 6.61. The van der Waals surface area contributed by atoms with Crippen LogP contribution in [0.15, 0.2) is 65.6 Å². The zero-order valence-corrected chi connectivity index (χ0v) is 16.3. The van der Waals surface area contributed by atoms with Crippen molar-refractivity contribution < 1.29 is 18.7 Å². The number of carbonyl (C=O) groups is 1. The fourth-order valence-corrected chi connectivity index (χ4v) is 3.12. The second-order valence-electron chi connectivity index (χ2n) is 5.88. The number of amides is 1. The molecule has 0 aliphatic heterocycles. The first-order valence-corrected chi connectivity index (χ1v) is 9.49. The van der Waals surface area contributed by atoms with Crippen LogP contribution in [-0.2, 0) is 11.4 Å². The van der Waals surface area contributed by atoms with E-state index in [1.165, 1.54) is 31.4 Å². The molecule has 0 aliphatic carbocycles. The monoisotopic (exact) mass is 408 g/mol. The zero-order chi connectivity index (χ0) is 20.6. The minimum absolute atomic E-state index is 0.00792. The number of methoxy groups -OCH3 is 1. The normalized spacial score (nSPS) is 10.9. The summed E-state index contributed by atoms with van der Waals surface area (Å²) in [6.45, 7) is 0.414. The molecule has 0 unspecified atom stereocenters. The van der Waals surface area contributed by atoms with E-state index in [2.05, 4.69) is 5.32 Å². The van der Waals surface area contributed by atoms with Crippen LogP contribution in [0.25, 0.3) is 6.08 Å². The number of nitriles is 1. The van der Waals surface area contributed by atoms with Crippen LogP contribution in [0.1, 0.15) is 10.4 Å². The summed E-state index contributed by atoms with van der Waals surface area (Å²) in [6.07, 6.45) is 1.40. The van der Waals surface area contributed by atoms with Gasteiger partial charge >= 0.3 is 0 Å². The smallest absolute Gasteiger partial charge is 0.266 e. The molecular weight excluding hydrogens is 391 g/mol. The number of thiophene rings is 1. The first-order chi connectivity index (χ1) is 14.1. The van der Waals surface area contributed by atoms with Crippen molar-refractivity contribution in [2.75, 3.05) is 12.4 Å². The number of nitrogens with one attached hydrogen (secondary N) is 1. The lowest BCUT2D eigenvalue weighted by atomic mass is 10.1. The van der Waals surface area contributed by atoms with Crippen molar-refractivity contribution in [1.82, 2.24) is 0 Å². The third-order valence-corrected chi connectivity index (χ3v) is 4.79. The number of anilines is 1. The molecule has 1 heterocycles. The van der Waals surface area contributed by atoms with Gasteiger partial charge in [-0.3, -0.25) is 4.79 Å². The third kappa shape index (κ3) is 5.21. The number of hydrogen-bond acceptors (Lipinski definition) is 5. The average molecular weight is 408 g/mol. The zero-order valence-electron chi connectivity index (χ0n) is 15.5. The summed E-state index contributed by atoms with van der Waals surface area (Å²) in [5, 5.41) is 13.7. The molecule has 1 aromatic heterocycles. The van der Waals surface area contributed by atoms with Gasteiger partial charge in [0.1, 0.15) is 24.1 Å². The minimum atomic E-state index is -0.699. The molecule has 0 spiro atoms. The summed E-state index contributed by atoms with van der Waals surface area (Å²) < 4.78 is 24.9.